The number of methoxy groups -OCH3 is 1. The van der Waals surface area contributed by atoms with Crippen LogP contribution in [-0.2, 0) is 16.1 Å². The number of hydrogen-bond acceptors (Lipinski definition) is 7. The van der Waals surface area contributed by atoms with Crippen molar-refractivity contribution in [3.8, 4) is 0 Å². The number of nitrogens with one attached hydrogen (secondary N) is 2. The van der Waals surface area contributed by atoms with Crippen molar-refractivity contribution >= 4 is 58.4 Å². The molecule has 12 heteroatoms. The number of esters is 1. The number of ether oxygens (including phenoxy) is 1. The van der Waals surface area contributed by atoms with Crippen molar-refractivity contribution in [2.45, 2.75) is 31.6 Å². The molecule has 2 aromatic carbocycles. The van der Waals surface area contributed by atoms with Crippen LogP contribution in [0.3, 0.4) is 0 Å². The van der Waals surface area contributed by atoms with Crippen LogP contribution in [0.1, 0.15) is 46.4 Å². The van der Waals surface area contributed by atoms with E-state index < -0.39 is 12.0 Å². The number of carbonyl (C=O) groups is 3. The molecular weight excluding hydrogens is 513 g/mol. The lowest BCUT2D eigenvalue weighted by molar-refractivity contribution is -0.113. The Morgan fingerprint density at radius 1 is 1.11 bits per heavy atom. The van der Waals surface area contributed by atoms with Gasteiger partial charge < -0.3 is 19.9 Å². The first kappa shape index (κ1) is 26.5. The Hall–Kier alpha value is -3.08. The van der Waals surface area contributed by atoms with Crippen LogP contribution in [0.5, 0.6) is 0 Å². The number of rotatable bonds is 9. The second kappa shape index (κ2) is 12.1. The molecular formula is C23H23Cl2N5O4S. The highest BCUT2D eigenvalue weighted by molar-refractivity contribution is 7.99. The topological polar surface area (TPSA) is 115 Å². The van der Waals surface area contributed by atoms with E-state index in [-0.39, 0.29) is 28.2 Å². The molecule has 0 unspecified atom stereocenters. The Balaban J connectivity index is 1.66. The molecule has 1 aromatic heterocycles. The van der Waals surface area contributed by atoms with Crippen LogP contribution < -0.4 is 10.6 Å². The van der Waals surface area contributed by atoms with Crippen LogP contribution in [0.4, 0.5) is 5.69 Å². The van der Waals surface area contributed by atoms with Gasteiger partial charge in [0.25, 0.3) is 5.91 Å². The van der Waals surface area contributed by atoms with Gasteiger partial charge in [-0.25, -0.2) is 4.79 Å². The summed E-state index contributed by atoms with van der Waals surface area (Å²) in [7, 11) is 1.28. The highest BCUT2D eigenvalue weighted by Crippen LogP contribution is 2.24. The summed E-state index contributed by atoms with van der Waals surface area (Å²) in [6.45, 7) is 4.22. The fraction of sp³-hybridized carbons (Fsp3) is 0.261. The van der Waals surface area contributed by atoms with Gasteiger partial charge in [0.05, 0.1) is 40.7 Å². The standard InChI is InChI=1S/C23H23Cl2N5O4S/c1-4-30-20(13(2)26-21(32)15-10-9-14(24)11-17(15)25)28-29-23(30)35-12-19(31)27-18-8-6-5-7-16(18)22(33)34-3/h5-11,13H,4,12H2,1-3H3,(H,26,32)(H,27,31)/t13-/m1/s1. The first-order valence-corrected chi connectivity index (χ1v) is 12.3. The lowest BCUT2D eigenvalue weighted by atomic mass is 10.2. The zero-order valence-electron chi connectivity index (χ0n) is 19.2. The molecule has 35 heavy (non-hydrogen) atoms. The third-order valence-electron chi connectivity index (χ3n) is 4.91. The van der Waals surface area contributed by atoms with Crippen molar-refractivity contribution in [1.82, 2.24) is 20.1 Å². The van der Waals surface area contributed by atoms with E-state index in [1.54, 1.807) is 43.3 Å². The van der Waals surface area contributed by atoms with Crippen LogP contribution >= 0.6 is 35.0 Å². The Morgan fingerprint density at radius 2 is 1.86 bits per heavy atom. The van der Waals surface area contributed by atoms with E-state index >= 15 is 0 Å². The van der Waals surface area contributed by atoms with Gasteiger partial charge in [-0.05, 0) is 44.2 Å². The summed E-state index contributed by atoms with van der Waals surface area (Å²) < 4.78 is 6.56. The van der Waals surface area contributed by atoms with Crippen LogP contribution in [-0.4, -0.2) is 45.4 Å². The molecule has 0 radical (unpaired) electrons. The van der Waals surface area contributed by atoms with E-state index in [9.17, 15) is 14.4 Å². The number of amides is 2. The normalized spacial score (nSPS) is 11.6. The molecule has 0 aliphatic rings. The zero-order chi connectivity index (χ0) is 25.5. The first-order chi connectivity index (χ1) is 16.7. The summed E-state index contributed by atoms with van der Waals surface area (Å²) >= 11 is 13.2. The number of hydrogen-bond donors (Lipinski definition) is 2. The van der Waals surface area contributed by atoms with Crippen molar-refractivity contribution in [1.29, 1.82) is 0 Å². The number of benzene rings is 2. The van der Waals surface area contributed by atoms with Crippen molar-refractivity contribution in [3.63, 3.8) is 0 Å². The largest absolute Gasteiger partial charge is 0.465 e. The van der Waals surface area contributed by atoms with Gasteiger partial charge in [-0.2, -0.15) is 0 Å². The number of anilines is 1. The number of thioether (sulfide) groups is 1. The Morgan fingerprint density at radius 3 is 2.54 bits per heavy atom. The van der Waals surface area contributed by atoms with Crippen molar-refractivity contribution in [2.24, 2.45) is 0 Å². The summed E-state index contributed by atoms with van der Waals surface area (Å²) in [5.74, 6) is -0.668. The minimum Gasteiger partial charge on any atom is -0.465 e. The molecule has 3 rings (SSSR count). The molecule has 0 aliphatic heterocycles. The van der Waals surface area contributed by atoms with Crippen molar-refractivity contribution < 1.29 is 19.1 Å². The molecule has 2 amide bonds. The quantitative estimate of drug-likeness (QED) is 0.303. The molecule has 0 aliphatic carbocycles. The Labute approximate surface area is 216 Å². The smallest absolute Gasteiger partial charge is 0.339 e. The molecule has 184 valence electrons. The molecule has 1 atom stereocenters. The zero-order valence-corrected chi connectivity index (χ0v) is 21.5. The molecule has 0 bridgehead atoms. The maximum absolute atomic E-state index is 12.7. The van der Waals surface area contributed by atoms with Gasteiger partial charge in [0.1, 0.15) is 0 Å². The van der Waals surface area contributed by atoms with E-state index in [4.69, 9.17) is 27.9 Å². The number of aromatic nitrogens is 3. The summed E-state index contributed by atoms with van der Waals surface area (Å²) in [5, 5.41) is 15.2. The molecule has 3 aromatic rings. The highest BCUT2D eigenvalue weighted by Gasteiger charge is 2.21. The fourth-order valence-electron chi connectivity index (χ4n) is 3.23. The van der Waals surface area contributed by atoms with Crippen molar-refractivity contribution in [2.75, 3.05) is 18.2 Å². The van der Waals surface area contributed by atoms with Gasteiger partial charge in [-0.15, -0.1) is 10.2 Å². The molecule has 0 saturated carbocycles. The number of halogens is 2. The molecule has 2 N–H and O–H groups in total. The van der Waals surface area contributed by atoms with Crippen molar-refractivity contribution in [3.05, 3.63) is 69.5 Å². The van der Waals surface area contributed by atoms with Crippen LogP contribution in [0.25, 0.3) is 0 Å². The average molecular weight is 536 g/mol. The summed E-state index contributed by atoms with van der Waals surface area (Å²) in [4.78, 5) is 37.1. The lowest BCUT2D eigenvalue weighted by Crippen LogP contribution is -2.29. The van der Waals surface area contributed by atoms with E-state index in [2.05, 4.69) is 20.8 Å². The second-order valence-electron chi connectivity index (χ2n) is 7.28. The Kier molecular flexibility index (Phi) is 9.13. The maximum Gasteiger partial charge on any atom is 0.339 e. The minimum absolute atomic E-state index is 0.0365. The first-order valence-electron chi connectivity index (χ1n) is 10.5. The van der Waals surface area contributed by atoms with E-state index in [1.807, 2.05) is 11.5 Å². The van der Waals surface area contributed by atoms with Gasteiger partial charge >= 0.3 is 5.97 Å². The average Bonchev–Trinajstić information content (AvgIpc) is 3.25. The van der Waals surface area contributed by atoms with Gasteiger partial charge in [0.15, 0.2) is 11.0 Å². The lowest BCUT2D eigenvalue weighted by Gasteiger charge is -2.15. The summed E-state index contributed by atoms with van der Waals surface area (Å²) in [6.07, 6.45) is 0. The van der Waals surface area contributed by atoms with E-state index in [1.165, 1.54) is 24.9 Å². The molecule has 0 fully saturated rings. The second-order valence-corrected chi connectivity index (χ2v) is 9.06. The monoisotopic (exact) mass is 535 g/mol. The maximum atomic E-state index is 12.7. The molecule has 1 heterocycles. The molecule has 9 nitrogen and oxygen atoms in total. The van der Waals surface area contributed by atoms with E-state index in [0.29, 0.717) is 33.8 Å². The predicted molar refractivity (Wildman–Crippen MR) is 135 cm³/mol. The minimum atomic E-state index is -0.542. The number of carbonyl (C=O) groups excluding carboxylic acids is 3. The Bertz CT molecular complexity index is 1250. The van der Waals surface area contributed by atoms with E-state index in [0.717, 1.165) is 0 Å². The predicted octanol–water partition coefficient (Wildman–Crippen LogP) is 4.61. The molecule has 0 saturated heterocycles. The number of para-hydroxylation sites is 1. The van der Waals surface area contributed by atoms with Gasteiger partial charge in [0, 0.05) is 11.6 Å². The summed E-state index contributed by atoms with van der Waals surface area (Å²) in [6, 6.07) is 10.8. The number of nitrogens with zero attached hydrogens (tertiary/aromatic N) is 3. The van der Waals surface area contributed by atoms with Crippen LogP contribution in [0.2, 0.25) is 10.0 Å². The van der Waals surface area contributed by atoms with Crippen LogP contribution in [0.15, 0.2) is 47.6 Å². The SMILES string of the molecule is CCn1c(SCC(=O)Nc2ccccc2C(=O)OC)nnc1[C@@H](C)NC(=O)c1ccc(Cl)cc1Cl. The van der Waals surface area contributed by atoms with Gasteiger partial charge in [-0.3, -0.25) is 9.59 Å². The van der Waals surface area contributed by atoms with Crippen LogP contribution in [0, 0.1) is 0 Å². The third kappa shape index (κ3) is 6.53. The van der Waals surface area contributed by atoms with Gasteiger partial charge in [-0.1, -0.05) is 47.1 Å². The summed E-state index contributed by atoms with van der Waals surface area (Å²) in [5.41, 5.74) is 0.918. The fourth-order valence-corrected chi connectivity index (χ4v) is 4.54. The third-order valence-corrected chi connectivity index (χ3v) is 6.43. The van der Waals surface area contributed by atoms with Gasteiger partial charge in [0.2, 0.25) is 5.91 Å². The highest BCUT2D eigenvalue weighted by atomic mass is 35.5. The molecule has 0 spiro atoms.